The van der Waals surface area contributed by atoms with Crippen LogP contribution in [0.4, 0.5) is 0 Å². The molecule has 170 valence electrons. The average Bonchev–Trinajstić information content (AvgIpc) is 3.37. The maximum atomic E-state index is 12.8. The van der Waals surface area contributed by atoms with Gasteiger partial charge in [-0.1, -0.05) is 6.07 Å². The number of aromatic nitrogens is 1. The standard InChI is InChI=1S/C23H24N6O3S/c1-14-11-16(15(2)28(14)17-5-4-6-18(13-17)31-3)12-19-20(24)29-22(25-21(19)30)33-23(26-29)27-7-9-32-10-8-27/h4-6,11-13,24H,7-10H2,1-3H3/b19-12+,24-20?. The van der Waals surface area contributed by atoms with Crippen molar-refractivity contribution in [2.75, 3.05) is 33.4 Å². The van der Waals surface area contributed by atoms with E-state index in [0.717, 1.165) is 46.6 Å². The van der Waals surface area contributed by atoms with Crippen molar-refractivity contribution in [1.82, 2.24) is 14.5 Å². The van der Waals surface area contributed by atoms with E-state index in [2.05, 4.69) is 19.6 Å². The number of benzene rings is 1. The van der Waals surface area contributed by atoms with Crippen LogP contribution in [0.1, 0.15) is 17.0 Å². The van der Waals surface area contributed by atoms with E-state index in [1.54, 1.807) is 13.2 Å². The van der Waals surface area contributed by atoms with E-state index in [9.17, 15) is 4.79 Å². The van der Waals surface area contributed by atoms with Gasteiger partial charge in [-0.15, -0.1) is 5.10 Å². The third-order valence-electron chi connectivity index (χ3n) is 5.81. The molecule has 0 spiro atoms. The minimum Gasteiger partial charge on any atom is -0.497 e. The number of nitrogens with zero attached hydrogens (tertiary/aromatic N) is 5. The summed E-state index contributed by atoms with van der Waals surface area (Å²) < 4.78 is 12.9. The maximum Gasteiger partial charge on any atom is 0.283 e. The number of amides is 1. The molecule has 1 saturated heterocycles. The lowest BCUT2D eigenvalue weighted by atomic mass is 10.1. The Morgan fingerprint density at radius 2 is 1.97 bits per heavy atom. The predicted molar refractivity (Wildman–Crippen MR) is 129 cm³/mol. The number of methoxy groups -OCH3 is 1. The molecule has 0 aliphatic carbocycles. The highest BCUT2D eigenvalue weighted by Gasteiger charge is 2.37. The quantitative estimate of drug-likeness (QED) is 0.702. The Kier molecular flexibility index (Phi) is 5.55. The second-order valence-corrected chi connectivity index (χ2v) is 8.80. The third kappa shape index (κ3) is 3.85. The smallest absolute Gasteiger partial charge is 0.283 e. The molecule has 0 radical (unpaired) electrons. The zero-order valence-electron chi connectivity index (χ0n) is 18.7. The summed E-state index contributed by atoms with van der Waals surface area (Å²) in [7, 11) is 1.64. The lowest BCUT2D eigenvalue weighted by Gasteiger charge is -2.26. The SMILES string of the molecule is COc1cccc(-n2c(C)cc(/C=C3\C(=N)N4N=C(N5CCOCC5)SC4=NC3=O)c2C)c1. The first kappa shape index (κ1) is 21.5. The Morgan fingerprint density at radius 3 is 2.73 bits per heavy atom. The number of hydrogen-bond donors (Lipinski definition) is 1. The average molecular weight is 465 g/mol. The van der Waals surface area contributed by atoms with Crippen molar-refractivity contribution < 1.29 is 14.3 Å². The molecule has 1 aromatic carbocycles. The van der Waals surface area contributed by atoms with Gasteiger partial charge in [0.15, 0.2) is 11.0 Å². The van der Waals surface area contributed by atoms with Gasteiger partial charge in [0.25, 0.3) is 5.91 Å². The molecule has 10 heteroatoms. The molecule has 1 N–H and O–H groups in total. The first-order valence-corrected chi connectivity index (χ1v) is 11.4. The Bertz CT molecular complexity index is 1240. The van der Waals surface area contributed by atoms with Crippen molar-refractivity contribution in [3.8, 4) is 11.4 Å². The Balaban J connectivity index is 1.47. The molecule has 0 saturated carbocycles. The van der Waals surface area contributed by atoms with Gasteiger partial charge in [0.1, 0.15) is 5.75 Å². The first-order chi connectivity index (χ1) is 16.0. The summed E-state index contributed by atoms with van der Waals surface area (Å²) in [4.78, 5) is 19.2. The van der Waals surface area contributed by atoms with Gasteiger partial charge in [0.2, 0.25) is 5.17 Å². The molecule has 0 atom stereocenters. The topological polar surface area (TPSA) is 95.5 Å². The van der Waals surface area contributed by atoms with Gasteiger partial charge in [-0.25, -0.2) is 0 Å². The Morgan fingerprint density at radius 1 is 1.18 bits per heavy atom. The van der Waals surface area contributed by atoms with Crippen LogP contribution < -0.4 is 4.74 Å². The van der Waals surface area contributed by atoms with Gasteiger partial charge in [0.05, 0.1) is 25.9 Å². The van der Waals surface area contributed by atoms with E-state index in [1.165, 1.54) is 16.8 Å². The lowest BCUT2D eigenvalue weighted by molar-refractivity contribution is -0.114. The normalized spacial score (nSPS) is 19.7. The molecule has 0 bridgehead atoms. The molecule has 4 heterocycles. The second-order valence-electron chi connectivity index (χ2n) is 7.87. The van der Waals surface area contributed by atoms with E-state index in [-0.39, 0.29) is 11.4 Å². The molecule has 2 aromatic rings. The van der Waals surface area contributed by atoms with Crippen molar-refractivity contribution in [2.45, 2.75) is 13.8 Å². The highest BCUT2D eigenvalue weighted by Crippen LogP contribution is 2.31. The zero-order valence-corrected chi connectivity index (χ0v) is 19.5. The van der Waals surface area contributed by atoms with Crippen LogP contribution >= 0.6 is 11.8 Å². The lowest BCUT2D eigenvalue weighted by Crippen LogP contribution is -2.39. The maximum absolute atomic E-state index is 12.8. The summed E-state index contributed by atoms with van der Waals surface area (Å²) in [5.41, 5.74) is 4.01. The number of thioether (sulfide) groups is 1. The highest BCUT2D eigenvalue weighted by molar-refractivity contribution is 8.26. The minimum atomic E-state index is -0.427. The predicted octanol–water partition coefficient (Wildman–Crippen LogP) is 3.01. The summed E-state index contributed by atoms with van der Waals surface area (Å²) in [5, 5.41) is 15.9. The van der Waals surface area contributed by atoms with Crippen molar-refractivity contribution in [3.05, 3.63) is 52.9 Å². The van der Waals surface area contributed by atoms with E-state index in [1.807, 2.05) is 44.2 Å². The van der Waals surface area contributed by atoms with Crippen LogP contribution in [0, 0.1) is 19.3 Å². The first-order valence-electron chi connectivity index (χ1n) is 10.6. The molecule has 33 heavy (non-hydrogen) atoms. The Hall–Kier alpha value is -3.37. The van der Waals surface area contributed by atoms with E-state index in [4.69, 9.17) is 14.9 Å². The largest absolute Gasteiger partial charge is 0.497 e. The van der Waals surface area contributed by atoms with Gasteiger partial charge in [-0.2, -0.15) is 10.0 Å². The fourth-order valence-electron chi connectivity index (χ4n) is 4.10. The summed E-state index contributed by atoms with van der Waals surface area (Å²) >= 11 is 1.32. The zero-order chi connectivity index (χ0) is 23.1. The highest BCUT2D eigenvalue weighted by atomic mass is 32.2. The number of carbonyl (C=O) groups excluding carboxylic acids is 1. The third-order valence-corrected chi connectivity index (χ3v) is 6.78. The molecule has 0 unspecified atom stereocenters. The van der Waals surface area contributed by atoms with Crippen LogP contribution in [0.25, 0.3) is 11.8 Å². The fourth-order valence-corrected chi connectivity index (χ4v) is 5.05. The second kappa shape index (κ2) is 8.53. The van der Waals surface area contributed by atoms with Crippen LogP contribution in [0.5, 0.6) is 5.75 Å². The van der Waals surface area contributed by atoms with Gasteiger partial charge in [0, 0.05) is 36.2 Å². The summed E-state index contributed by atoms with van der Waals surface area (Å²) in [6.45, 7) is 6.73. The number of hydrazone groups is 1. The molecular formula is C23H24N6O3S. The van der Waals surface area contributed by atoms with Crippen LogP contribution in [-0.4, -0.2) is 70.0 Å². The van der Waals surface area contributed by atoms with Crippen LogP contribution in [-0.2, 0) is 9.53 Å². The Labute approximate surface area is 195 Å². The van der Waals surface area contributed by atoms with Gasteiger partial charge in [-0.05, 0) is 55.4 Å². The summed E-state index contributed by atoms with van der Waals surface area (Å²) in [5.74, 6) is 0.377. The molecular weight excluding hydrogens is 440 g/mol. The number of ether oxygens (including phenoxy) is 2. The van der Waals surface area contributed by atoms with Gasteiger partial charge < -0.3 is 18.9 Å². The number of aryl methyl sites for hydroxylation is 1. The van der Waals surface area contributed by atoms with Crippen LogP contribution in [0.15, 0.2) is 46.0 Å². The number of fused-ring (bicyclic) bond motifs is 1. The molecule has 5 rings (SSSR count). The van der Waals surface area contributed by atoms with Crippen molar-refractivity contribution in [2.24, 2.45) is 10.1 Å². The minimum absolute atomic E-state index is 0.0342. The van der Waals surface area contributed by atoms with Crippen LogP contribution in [0.2, 0.25) is 0 Å². The summed E-state index contributed by atoms with van der Waals surface area (Å²) in [6.07, 6.45) is 1.73. The molecule has 3 aliphatic rings. The number of amidine groups is 3. The number of nitrogens with one attached hydrogen (secondary N) is 1. The van der Waals surface area contributed by atoms with E-state index < -0.39 is 5.91 Å². The van der Waals surface area contributed by atoms with Crippen molar-refractivity contribution >= 4 is 39.9 Å². The number of hydrogen-bond acceptors (Lipinski definition) is 7. The van der Waals surface area contributed by atoms with E-state index in [0.29, 0.717) is 18.4 Å². The van der Waals surface area contributed by atoms with Crippen molar-refractivity contribution in [3.63, 3.8) is 0 Å². The molecule has 3 aliphatic heterocycles. The molecule has 1 amide bonds. The molecule has 9 nitrogen and oxygen atoms in total. The molecule has 1 aromatic heterocycles. The number of aliphatic imine (C=N–C) groups is 1. The van der Waals surface area contributed by atoms with Crippen LogP contribution in [0.3, 0.4) is 0 Å². The monoisotopic (exact) mass is 464 g/mol. The number of carbonyl (C=O) groups is 1. The number of morpholine rings is 1. The summed E-state index contributed by atoms with van der Waals surface area (Å²) in [6, 6.07) is 9.81. The molecule has 1 fully saturated rings. The van der Waals surface area contributed by atoms with Crippen molar-refractivity contribution in [1.29, 1.82) is 5.41 Å². The fraction of sp³-hybridized carbons (Fsp3) is 0.304. The number of rotatable bonds is 3. The van der Waals surface area contributed by atoms with Gasteiger partial charge >= 0.3 is 0 Å². The van der Waals surface area contributed by atoms with E-state index >= 15 is 0 Å². The van der Waals surface area contributed by atoms with Gasteiger partial charge in [-0.3, -0.25) is 10.2 Å².